The molecule has 2 aliphatic rings. The number of allylic oxidation sites excluding steroid dienone is 8. The maximum Gasteiger partial charge on any atom is 4.00 e. The Morgan fingerprint density at radius 1 is 0.679 bits per heavy atom. The zero-order valence-corrected chi connectivity index (χ0v) is 24.7. The van der Waals surface area contributed by atoms with Gasteiger partial charge in [-0.2, -0.15) is 12.2 Å². The molecule has 0 radical (unpaired) electrons. The van der Waals surface area contributed by atoms with Crippen molar-refractivity contribution in [3.8, 4) is 0 Å². The quantitative estimate of drug-likeness (QED) is 0.334. The molecule has 0 aromatic carbocycles. The number of hydrogen-bond donors (Lipinski definition) is 0. The summed E-state index contributed by atoms with van der Waals surface area (Å²) in [5, 5.41) is 2.80. The van der Waals surface area contributed by atoms with Gasteiger partial charge in [-0.05, 0) is 22.2 Å². The van der Waals surface area contributed by atoms with Gasteiger partial charge in [-0.3, -0.25) is 12.2 Å². The second kappa shape index (κ2) is 12.6. The molecule has 0 unspecified atom stereocenters. The largest absolute Gasteiger partial charge is 4.00 e. The van der Waals surface area contributed by atoms with Crippen LogP contribution < -0.4 is 24.8 Å². The van der Waals surface area contributed by atoms with E-state index in [1.807, 2.05) is 0 Å². The summed E-state index contributed by atoms with van der Waals surface area (Å²) in [7, 11) is -4.32. The first kappa shape index (κ1) is 31.0. The van der Waals surface area contributed by atoms with E-state index in [2.05, 4.69) is 91.8 Å². The van der Waals surface area contributed by atoms with Crippen molar-refractivity contribution in [1.82, 2.24) is 0 Å². The monoisotopic (exact) mass is 532 g/mol. The zero-order valence-electron chi connectivity index (χ0n) is 18.7. The van der Waals surface area contributed by atoms with Crippen LogP contribution in [-0.2, 0) is 30.3 Å². The van der Waals surface area contributed by atoms with Gasteiger partial charge in [-0.25, -0.2) is 22.5 Å². The molecule has 0 saturated heterocycles. The second-order valence-corrected chi connectivity index (χ2v) is 18.4. The van der Waals surface area contributed by atoms with Crippen molar-refractivity contribution in [3.63, 3.8) is 0 Å². The standard InChI is InChI=1S/C22H36OSi2.2ClH.Zr/c1-17(2)24(18(3)4,21-13-9-10-14-21)23-25(19(5)6,20(7)8)22-15-11-12-16-22;;;/h9,11,13,15,17-20H,10,12H2,1-8H3;2*1H;/q-2;;;+4/p-2. The average molecular weight is 535 g/mol. The molecule has 0 saturated carbocycles. The number of rotatable bonds is 8. The van der Waals surface area contributed by atoms with Gasteiger partial charge in [-0.1, -0.05) is 55.4 Å². The first-order valence-corrected chi connectivity index (χ1v) is 14.1. The van der Waals surface area contributed by atoms with Crippen molar-refractivity contribution in [1.29, 1.82) is 0 Å². The summed E-state index contributed by atoms with van der Waals surface area (Å²) in [6.45, 7) is 19.0. The third-order valence-electron chi connectivity index (χ3n) is 6.00. The van der Waals surface area contributed by atoms with E-state index in [0.29, 0.717) is 22.2 Å². The van der Waals surface area contributed by atoms with Crippen LogP contribution in [0.1, 0.15) is 68.2 Å². The summed E-state index contributed by atoms with van der Waals surface area (Å²) in [4.78, 5) is 0. The fourth-order valence-corrected chi connectivity index (χ4v) is 18.3. The van der Waals surface area contributed by atoms with Gasteiger partial charge < -0.3 is 28.9 Å². The molecule has 2 aliphatic carbocycles. The fourth-order valence-electron chi connectivity index (χ4n) is 4.78. The van der Waals surface area contributed by atoms with Gasteiger partial charge in [0.25, 0.3) is 0 Å². The summed E-state index contributed by atoms with van der Waals surface area (Å²) < 4.78 is 7.62. The summed E-state index contributed by atoms with van der Waals surface area (Å²) in [6, 6.07) is 0. The molecule has 2 rings (SSSR count). The van der Waals surface area contributed by atoms with Crippen molar-refractivity contribution < 1.29 is 55.1 Å². The van der Waals surface area contributed by atoms with E-state index in [4.69, 9.17) is 4.12 Å². The smallest absolute Gasteiger partial charge is 1.00 e. The van der Waals surface area contributed by atoms with Gasteiger partial charge in [0.05, 0.1) is 0 Å². The van der Waals surface area contributed by atoms with E-state index in [9.17, 15) is 0 Å². The Balaban J connectivity index is 0. The van der Waals surface area contributed by atoms with E-state index in [-0.39, 0.29) is 51.0 Å². The molecular formula is C22H36Cl2OSi2Zr. The molecule has 1 nitrogen and oxygen atoms in total. The van der Waals surface area contributed by atoms with Crippen molar-refractivity contribution in [2.24, 2.45) is 0 Å². The van der Waals surface area contributed by atoms with Crippen molar-refractivity contribution in [2.45, 2.75) is 90.4 Å². The molecule has 0 aromatic rings. The molecule has 0 heterocycles. The van der Waals surface area contributed by atoms with Crippen LogP contribution in [0.2, 0.25) is 22.2 Å². The van der Waals surface area contributed by atoms with Crippen molar-refractivity contribution in [2.75, 3.05) is 0 Å². The summed E-state index contributed by atoms with van der Waals surface area (Å²) in [5.74, 6) is 0. The first-order chi connectivity index (χ1) is 11.7. The second-order valence-electron chi connectivity index (χ2n) is 8.70. The maximum atomic E-state index is 7.62. The minimum Gasteiger partial charge on any atom is -1.00 e. The van der Waals surface area contributed by atoms with Crippen LogP contribution in [-0.4, -0.2) is 16.6 Å². The van der Waals surface area contributed by atoms with Gasteiger partial charge in [0.2, 0.25) is 0 Å². The Morgan fingerprint density at radius 2 is 0.964 bits per heavy atom. The summed E-state index contributed by atoms with van der Waals surface area (Å²) >= 11 is 0. The molecule has 156 valence electrons. The van der Waals surface area contributed by atoms with Crippen LogP contribution in [0, 0.1) is 12.2 Å². The van der Waals surface area contributed by atoms with E-state index in [0.717, 1.165) is 12.8 Å². The normalized spacial score (nSPS) is 16.3. The molecule has 0 aromatic heterocycles. The predicted octanol–water partition coefficient (Wildman–Crippen LogP) is 0.997. The number of hydrogen-bond acceptors (Lipinski definition) is 1. The zero-order chi connectivity index (χ0) is 18.8. The van der Waals surface area contributed by atoms with Crippen LogP contribution in [0.3, 0.4) is 0 Å². The molecule has 0 bridgehead atoms. The van der Waals surface area contributed by atoms with Crippen molar-refractivity contribution in [3.05, 3.63) is 46.8 Å². The van der Waals surface area contributed by atoms with Crippen LogP contribution in [0.4, 0.5) is 0 Å². The van der Waals surface area contributed by atoms with E-state index in [1.165, 1.54) is 10.4 Å². The van der Waals surface area contributed by atoms with E-state index >= 15 is 0 Å². The molecule has 0 spiro atoms. The fraction of sp³-hybridized carbons (Fsp3) is 0.636. The Labute approximate surface area is 207 Å². The molecule has 0 amide bonds. The summed E-state index contributed by atoms with van der Waals surface area (Å²) in [5.41, 5.74) is 2.14. The van der Waals surface area contributed by atoms with E-state index < -0.39 is 16.6 Å². The Kier molecular flexibility index (Phi) is 14.0. The molecule has 0 aliphatic heterocycles. The molecular weight excluding hydrogens is 499 g/mol. The molecule has 0 fully saturated rings. The Bertz CT molecular complexity index is 540. The minimum atomic E-state index is -2.16. The molecule has 6 heteroatoms. The average Bonchev–Trinajstić information content (AvgIpc) is 3.20. The van der Waals surface area contributed by atoms with Gasteiger partial charge >= 0.3 is 26.2 Å². The molecule has 0 atom stereocenters. The molecule has 0 N–H and O–H groups in total. The minimum absolute atomic E-state index is 0. The predicted molar refractivity (Wildman–Crippen MR) is 114 cm³/mol. The van der Waals surface area contributed by atoms with Crippen molar-refractivity contribution >= 4 is 16.6 Å². The third-order valence-corrected chi connectivity index (χ3v) is 17.9. The number of halogens is 2. The van der Waals surface area contributed by atoms with Gasteiger partial charge in [0.1, 0.15) is 0 Å². The Morgan fingerprint density at radius 3 is 1.14 bits per heavy atom. The van der Waals surface area contributed by atoms with Gasteiger partial charge in [0, 0.05) is 0 Å². The van der Waals surface area contributed by atoms with Crippen LogP contribution in [0.5, 0.6) is 0 Å². The van der Waals surface area contributed by atoms with Crippen LogP contribution >= 0.6 is 0 Å². The maximum absolute atomic E-state index is 7.62. The first-order valence-electron chi connectivity index (χ1n) is 9.95. The topological polar surface area (TPSA) is 9.23 Å². The summed E-state index contributed by atoms with van der Waals surface area (Å²) in [6.07, 6.45) is 18.4. The van der Waals surface area contributed by atoms with Gasteiger partial charge in [-0.15, -0.1) is 12.8 Å². The van der Waals surface area contributed by atoms with Crippen LogP contribution in [0.15, 0.2) is 34.7 Å². The van der Waals surface area contributed by atoms with Crippen LogP contribution in [0.25, 0.3) is 0 Å². The molecule has 28 heavy (non-hydrogen) atoms. The third kappa shape index (κ3) is 5.54. The SMILES string of the molecule is CC(C)[Si](O[Si](C1=[C-]CC=C1)(C(C)C)C(C)C)(C1=[C-]CC=C1)C(C)C.[Cl-].[Cl-].[Zr+4]. The van der Waals surface area contributed by atoms with E-state index in [1.54, 1.807) is 0 Å². The Hall–Kier alpha value is 0.817. The van der Waals surface area contributed by atoms with Gasteiger partial charge in [0.15, 0.2) is 16.6 Å².